The maximum absolute atomic E-state index is 17.0. The second kappa shape index (κ2) is 37.9. The number of hydrogen-bond acceptors (Lipinski definition) is 23. The van der Waals surface area contributed by atoms with Gasteiger partial charge in [-0.2, -0.15) is 15.0 Å². The molecular formula is C71H90ClFN12O14. The normalized spacial score (nSPS) is 15.9. The summed E-state index contributed by atoms with van der Waals surface area (Å²) in [6.45, 7) is 20.5. The molecule has 0 unspecified atom stereocenters. The largest absolute Gasteiger partial charge is 0.508 e. The van der Waals surface area contributed by atoms with E-state index in [2.05, 4.69) is 45.8 Å². The Kier molecular flexibility index (Phi) is 28.2. The highest BCUT2D eigenvalue weighted by molar-refractivity contribution is 6.35. The molecule has 3 N–H and O–H groups in total. The molecule has 3 fully saturated rings. The highest BCUT2D eigenvalue weighted by Gasteiger charge is 2.30. The molecule has 0 saturated carbocycles. The summed E-state index contributed by atoms with van der Waals surface area (Å²) in [5.41, 5.74) is 3.11. The number of phenolic OH excluding ortho intramolecular Hbond substituents is 1. The number of amides is 3. The molecule has 4 aromatic carbocycles. The third-order valence-corrected chi connectivity index (χ3v) is 17.3. The molecule has 7 aromatic rings. The van der Waals surface area contributed by atoms with E-state index in [-0.39, 0.29) is 70.6 Å². The molecule has 0 radical (unpaired) electrons. The fourth-order valence-corrected chi connectivity index (χ4v) is 12.0. The van der Waals surface area contributed by atoms with Gasteiger partial charge < -0.3 is 87.6 Å². The Bertz CT molecular complexity index is 3820. The lowest BCUT2D eigenvalue weighted by Crippen LogP contribution is -2.48. The van der Waals surface area contributed by atoms with E-state index in [1.165, 1.54) is 12.1 Å². The van der Waals surface area contributed by atoms with Crippen LogP contribution in [0.2, 0.25) is 5.02 Å². The van der Waals surface area contributed by atoms with E-state index < -0.39 is 5.82 Å². The molecule has 99 heavy (non-hydrogen) atoms. The van der Waals surface area contributed by atoms with Crippen LogP contribution in [-0.2, 0) is 57.0 Å². The van der Waals surface area contributed by atoms with E-state index in [1.807, 2.05) is 59.5 Å². The predicted molar refractivity (Wildman–Crippen MR) is 376 cm³/mol. The Morgan fingerprint density at radius 1 is 0.657 bits per heavy atom. The van der Waals surface area contributed by atoms with E-state index in [0.29, 0.717) is 228 Å². The molecule has 3 aliphatic heterocycles. The molecule has 6 heterocycles. The zero-order chi connectivity index (χ0) is 69.3. The Morgan fingerprint density at radius 3 is 1.91 bits per heavy atom. The summed E-state index contributed by atoms with van der Waals surface area (Å²) in [4.78, 5) is 72.9. The molecule has 0 aliphatic carbocycles. The molecule has 3 saturated heterocycles. The second-order valence-electron chi connectivity index (χ2n) is 23.9. The number of hydrogen-bond donors (Lipinski definition) is 3. The van der Waals surface area contributed by atoms with Crippen molar-refractivity contribution in [2.75, 3.05) is 218 Å². The summed E-state index contributed by atoms with van der Waals surface area (Å²) in [5.74, 6) is 0.747. The lowest BCUT2D eigenvalue weighted by molar-refractivity contribution is -0.130. The van der Waals surface area contributed by atoms with Gasteiger partial charge in [0.2, 0.25) is 23.7 Å². The number of fused-ring (bicyclic) bond motifs is 3. The first-order valence-corrected chi connectivity index (χ1v) is 34.2. The molecule has 0 spiro atoms. The monoisotopic (exact) mass is 1390 g/mol. The summed E-state index contributed by atoms with van der Waals surface area (Å²) >= 11 is 6.89. The van der Waals surface area contributed by atoms with E-state index in [9.17, 15) is 19.5 Å². The number of nitrogens with one attached hydrogen (secondary N) is 2. The predicted octanol–water partition coefficient (Wildman–Crippen LogP) is 7.06. The first-order valence-electron chi connectivity index (χ1n) is 33.8. The number of morpholine rings is 2. The summed E-state index contributed by atoms with van der Waals surface area (Å²) in [6.07, 6.45) is 1.38. The van der Waals surface area contributed by atoms with Crippen molar-refractivity contribution in [3.63, 3.8) is 0 Å². The molecule has 532 valence electrons. The number of piperazine rings is 1. The van der Waals surface area contributed by atoms with Gasteiger partial charge in [-0.3, -0.25) is 14.4 Å². The molecule has 10 rings (SSSR count). The van der Waals surface area contributed by atoms with Gasteiger partial charge in [0.25, 0.3) is 5.91 Å². The van der Waals surface area contributed by atoms with Crippen molar-refractivity contribution >= 4 is 85.6 Å². The molecule has 2 atom stereocenters. The number of pyridine rings is 1. The van der Waals surface area contributed by atoms with E-state index in [0.717, 1.165) is 23.3 Å². The van der Waals surface area contributed by atoms with E-state index in [1.54, 1.807) is 35.0 Å². The average molecular weight is 1390 g/mol. The average Bonchev–Trinajstić information content (AvgIpc) is 0.754. The fraction of sp³-hybridized carbons (Fsp3) is 0.493. The number of phenols is 1. The molecular weight excluding hydrogens is 1300 g/mol. The highest BCUT2D eigenvalue weighted by Crippen LogP contribution is 2.43. The molecule has 28 heteroatoms. The Balaban J connectivity index is 0.517. The zero-order valence-corrected chi connectivity index (χ0v) is 57.4. The number of likely N-dealkylation sites (N-methyl/N-ethyl adjacent to an activating group) is 1. The Morgan fingerprint density at radius 2 is 1.27 bits per heavy atom. The van der Waals surface area contributed by atoms with Gasteiger partial charge in [-0.05, 0) is 78.7 Å². The standard InChI is InChI=1S/C71H90ClFN12O14/c1-5-61(87)82-18-20-83(21-19-82)67-58-46-59(72)63(57-45-54(86)44-51-9-6-7-12-55(51)57)64(73)65(58)77-70(79-67)75-16-15-62(88)81(4)22-26-91-30-32-93-34-36-95-38-40-97-42-41-96-39-37-94-35-33-92-31-29-90-25-17-74-69(89)53-11-8-10-52(43-53)60-14-13-56-66(76-60)78-71(85-24-28-99-48-50(85)3)80-68(56)84-23-27-98-47-49(84)2/h5-14,43-46,49-50,86H,1,15-42,47-48H2,2-4H3,(H,74,89)(H,75,77,79)/t49-,50-/m1/s1. The van der Waals surface area contributed by atoms with Crippen LogP contribution in [-0.4, -0.2) is 268 Å². The van der Waals surface area contributed by atoms with Crippen molar-refractivity contribution < 1.29 is 71.2 Å². The number of nitrogens with zero attached hydrogens (tertiary/aromatic N) is 10. The van der Waals surface area contributed by atoms with Crippen LogP contribution in [0, 0.1) is 5.82 Å². The summed E-state index contributed by atoms with van der Waals surface area (Å²) in [6, 6.07) is 23.7. The summed E-state index contributed by atoms with van der Waals surface area (Å²) < 4.78 is 73.4. The maximum Gasteiger partial charge on any atom is 0.251 e. The van der Waals surface area contributed by atoms with Crippen LogP contribution in [0.4, 0.5) is 27.9 Å². The van der Waals surface area contributed by atoms with Crippen LogP contribution in [0.15, 0.2) is 91.5 Å². The molecule has 3 amide bonds. The second-order valence-corrected chi connectivity index (χ2v) is 24.3. The SMILES string of the molecule is C=CC(=O)N1CCN(c2nc(NCCC(=O)N(C)CCOCCOCCOCCOCCOCCOCCOCCOCCNC(=O)c3cccc(-c4ccc5c(N6CCOC[C@H]6C)nc(N6CCOC[C@H]6C)nc5n4)c3)nc3c(F)c(-c4cc(O)cc5ccccc45)c(Cl)cc23)CC1. The molecule has 3 aromatic heterocycles. The minimum atomic E-state index is -0.690. The van der Waals surface area contributed by atoms with Crippen molar-refractivity contribution in [1.29, 1.82) is 0 Å². The van der Waals surface area contributed by atoms with Crippen LogP contribution < -0.4 is 25.3 Å². The zero-order valence-electron chi connectivity index (χ0n) is 56.6. The fourth-order valence-electron chi connectivity index (χ4n) is 11.7. The van der Waals surface area contributed by atoms with Gasteiger partial charge in [-0.1, -0.05) is 54.6 Å². The summed E-state index contributed by atoms with van der Waals surface area (Å²) in [5, 5.41) is 19.5. The van der Waals surface area contributed by atoms with Gasteiger partial charge in [0.1, 0.15) is 22.9 Å². The van der Waals surface area contributed by atoms with E-state index >= 15 is 4.39 Å². The third-order valence-electron chi connectivity index (χ3n) is 17.0. The van der Waals surface area contributed by atoms with Crippen molar-refractivity contribution in [1.82, 2.24) is 40.0 Å². The van der Waals surface area contributed by atoms with Crippen LogP contribution in [0.25, 0.3) is 55.1 Å². The number of carbonyl (C=O) groups excluding carboxylic acids is 3. The number of benzene rings is 4. The van der Waals surface area contributed by atoms with Gasteiger partial charge in [0.15, 0.2) is 11.5 Å². The topological polar surface area (TPSA) is 268 Å². The number of halogens is 2. The lowest BCUT2D eigenvalue weighted by atomic mass is 9.96. The smallest absolute Gasteiger partial charge is 0.251 e. The number of anilines is 4. The first-order chi connectivity index (χ1) is 48.3. The van der Waals surface area contributed by atoms with Crippen LogP contribution in [0.1, 0.15) is 30.6 Å². The van der Waals surface area contributed by atoms with Crippen molar-refractivity contribution in [2.45, 2.75) is 32.4 Å². The van der Waals surface area contributed by atoms with E-state index in [4.69, 9.17) is 78.9 Å². The number of aromatic nitrogens is 5. The van der Waals surface area contributed by atoms with Crippen molar-refractivity contribution in [2.24, 2.45) is 0 Å². The van der Waals surface area contributed by atoms with Gasteiger partial charge in [0.05, 0.1) is 160 Å². The van der Waals surface area contributed by atoms with Gasteiger partial charge >= 0.3 is 0 Å². The maximum atomic E-state index is 17.0. The van der Waals surface area contributed by atoms with Gasteiger partial charge in [-0.15, -0.1) is 0 Å². The Hall–Kier alpha value is -8.06. The molecule has 26 nitrogen and oxygen atoms in total. The Labute approximate surface area is 580 Å². The first kappa shape index (κ1) is 73.7. The third kappa shape index (κ3) is 20.6. The van der Waals surface area contributed by atoms with Crippen molar-refractivity contribution in [3.8, 4) is 28.1 Å². The highest BCUT2D eigenvalue weighted by atomic mass is 35.5. The lowest BCUT2D eigenvalue weighted by Gasteiger charge is -2.37. The number of rotatable bonds is 38. The number of carbonyl (C=O) groups is 3. The quantitative estimate of drug-likeness (QED) is 0.0258. The van der Waals surface area contributed by atoms with Crippen LogP contribution in [0.5, 0.6) is 5.75 Å². The van der Waals surface area contributed by atoms with Crippen LogP contribution in [0.3, 0.4) is 0 Å². The van der Waals surface area contributed by atoms with Gasteiger partial charge in [-0.25, -0.2) is 14.4 Å². The van der Waals surface area contributed by atoms with Crippen molar-refractivity contribution in [3.05, 3.63) is 108 Å². The van der Waals surface area contributed by atoms with Gasteiger partial charge in [0, 0.05) is 94.4 Å². The number of aromatic hydroxyl groups is 1. The molecule has 0 bridgehead atoms. The van der Waals surface area contributed by atoms with Crippen LogP contribution >= 0.6 is 11.6 Å². The minimum Gasteiger partial charge on any atom is -0.508 e. The molecule has 3 aliphatic rings. The number of ether oxygens (including phenoxy) is 10. The summed E-state index contributed by atoms with van der Waals surface area (Å²) in [7, 11) is 1.69. The minimum absolute atomic E-state index is 0.00861.